The van der Waals surface area contributed by atoms with Gasteiger partial charge in [0.25, 0.3) is 0 Å². The molecule has 0 fully saturated rings. The number of carboxylic acids is 1. The van der Waals surface area contributed by atoms with E-state index in [4.69, 9.17) is 9.84 Å². The minimum absolute atomic E-state index is 0.0679. The highest BCUT2D eigenvalue weighted by atomic mass is 16.5. The number of benzene rings is 2. The zero-order chi connectivity index (χ0) is 24.0. The number of nitrogens with one attached hydrogen (secondary N) is 2. The zero-order valence-corrected chi connectivity index (χ0v) is 19.3. The van der Waals surface area contributed by atoms with E-state index in [1.54, 1.807) is 6.92 Å². The van der Waals surface area contributed by atoms with Gasteiger partial charge in [-0.1, -0.05) is 62.4 Å². The number of ether oxygens (including phenoxy) is 1. The Morgan fingerprint density at radius 1 is 0.909 bits per heavy atom. The van der Waals surface area contributed by atoms with Crippen LogP contribution in [0.2, 0.25) is 0 Å². The first kappa shape index (κ1) is 24.3. The second-order valence-electron chi connectivity index (χ2n) is 9.00. The van der Waals surface area contributed by atoms with Crippen LogP contribution in [0.15, 0.2) is 48.5 Å². The molecule has 7 nitrogen and oxygen atoms in total. The summed E-state index contributed by atoms with van der Waals surface area (Å²) >= 11 is 0. The molecule has 3 rings (SSSR count). The largest absolute Gasteiger partial charge is 0.481 e. The molecular weight excluding hydrogens is 420 g/mol. The van der Waals surface area contributed by atoms with Crippen molar-refractivity contribution in [1.82, 2.24) is 10.6 Å². The highest BCUT2D eigenvalue weighted by Crippen LogP contribution is 2.44. The van der Waals surface area contributed by atoms with Crippen molar-refractivity contribution < 1.29 is 24.2 Å². The van der Waals surface area contributed by atoms with Gasteiger partial charge >= 0.3 is 12.1 Å². The Morgan fingerprint density at radius 3 is 2.03 bits per heavy atom. The van der Waals surface area contributed by atoms with Crippen molar-refractivity contribution in [2.45, 2.75) is 58.0 Å². The van der Waals surface area contributed by atoms with Gasteiger partial charge in [0.2, 0.25) is 5.91 Å². The van der Waals surface area contributed by atoms with Gasteiger partial charge in [0.05, 0.1) is 6.42 Å². The van der Waals surface area contributed by atoms with Crippen LogP contribution >= 0.6 is 0 Å². The fourth-order valence-electron chi connectivity index (χ4n) is 4.21. The monoisotopic (exact) mass is 452 g/mol. The van der Waals surface area contributed by atoms with Gasteiger partial charge in [0.15, 0.2) is 0 Å². The standard InChI is InChI=1S/C26H32N2O5/c1-16(2)12-13-23(25(31)27-17(3)14-24(29)30)28-26(32)33-15-22-20-10-6-4-8-18(20)19-9-5-7-11-21(19)22/h4-11,16-17,22-23H,12-15H2,1-3H3,(H,27,31)(H,28,32)(H,29,30)/t17-,23?/m1/s1. The molecule has 1 unspecified atom stereocenters. The average molecular weight is 453 g/mol. The van der Waals surface area contributed by atoms with E-state index in [1.165, 1.54) is 0 Å². The van der Waals surface area contributed by atoms with Crippen LogP contribution in [0.1, 0.15) is 57.1 Å². The number of fused-ring (bicyclic) bond motifs is 3. The molecule has 0 saturated carbocycles. The Hall–Kier alpha value is -3.35. The molecule has 0 aliphatic heterocycles. The summed E-state index contributed by atoms with van der Waals surface area (Å²) in [5, 5.41) is 14.3. The van der Waals surface area contributed by atoms with E-state index < -0.39 is 30.1 Å². The first-order valence-corrected chi connectivity index (χ1v) is 11.4. The molecule has 176 valence electrons. The van der Waals surface area contributed by atoms with E-state index in [1.807, 2.05) is 50.2 Å². The lowest BCUT2D eigenvalue weighted by atomic mass is 9.98. The summed E-state index contributed by atoms with van der Waals surface area (Å²) < 4.78 is 5.57. The number of carbonyl (C=O) groups is 3. The van der Waals surface area contributed by atoms with Crippen LogP contribution in [-0.2, 0) is 14.3 Å². The van der Waals surface area contributed by atoms with Crippen LogP contribution < -0.4 is 10.6 Å². The maximum atomic E-state index is 12.7. The normalized spacial score (nSPS) is 14.2. The summed E-state index contributed by atoms with van der Waals surface area (Å²) in [6.45, 7) is 5.86. The molecule has 2 aromatic carbocycles. The molecule has 2 amide bonds. The molecule has 2 aromatic rings. The van der Waals surface area contributed by atoms with Crippen molar-refractivity contribution >= 4 is 18.0 Å². The molecule has 3 N–H and O–H groups in total. The summed E-state index contributed by atoms with van der Waals surface area (Å²) in [4.78, 5) is 36.2. The minimum atomic E-state index is -0.994. The quantitative estimate of drug-likeness (QED) is 0.498. The Labute approximate surface area is 194 Å². The number of amides is 2. The Morgan fingerprint density at radius 2 is 1.48 bits per heavy atom. The van der Waals surface area contributed by atoms with Crippen LogP contribution in [0, 0.1) is 5.92 Å². The molecule has 0 saturated heterocycles. The Bertz CT molecular complexity index is 958. The van der Waals surface area contributed by atoms with Gasteiger partial charge in [-0.2, -0.15) is 0 Å². The number of carboxylic acid groups (broad SMARTS) is 1. The lowest BCUT2D eigenvalue weighted by Gasteiger charge is -2.22. The second kappa shape index (κ2) is 11.0. The molecule has 0 heterocycles. The van der Waals surface area contributed by atoms with Gasteiger partial charge in [-0.05, 0) is 47.9 Å². The molecule has 1 aliphatic carbocycles. The lowest BCUT2D eigenvalue weighted by Crippen LogP contribution is -2.49. The first-order chi connectivity index (χ1) is 15.8. The van der Waals surface area contributed by atoms with Crippen LogP contribution in [0.3, 0.4) is 0 Å². The number of alkyl carbamates (subject to hydrolysis) is 1. The number of rotatable bonds is 10. The van der Waals surface area contributed by atoms with E-state index >= 15 is 0 Å². The van der Waals surface area contributed by atoms with Gasteiger partial charge < -0.3 is 20.5 Å². The summed E-state index contributed by atoms with van der Waals surface area (Å²) in [5.41, 5.74) is 4.51. The maximum absolute atomic E-state index is 12.7. The SMILES string of the molecule is CC(C)CCC(NC(=O)OCC1c2ccccc2-c2ccccc21)C(=O)N[C@H](C)CC(=O)O. The molecule has 0 radical (unpaired) electrons. The van der Waals surface area contributed by atoms with Crippen molar-refractivity contribution in [3.63, 3.8) is 0 Å². The summed E-state index contributed by atoms with van der Waals surface area (Å²) in [6, 6.07) is 14.8. The predicted octanol–water partition coefficient (Wildman–Crippen LogP) is 4.31. The van der Waals surface area contributed by atoms with Crippen molar-refractivity contribution in [1.29, 1.82) is 0 Å². The predicted molar refractivity (Wildman–Crippen MR) is 126 cm³/mol. The van der Waals surface area contributed by atoms with Crippen LogP contribution in [0.25, 0.3) is 11.1 Å². The highest BCUT2D eigenvalue weighted by Gasteiger charge is 2.30. The molecule has 33 heavy (non-hydrogen) atoms. The van der Waals surface area contributed by atoms with Crippen LogP contribution in [0.5, 0.6) is 0 Å². The summed E-state index contributed by atoms with van der Waals surface area (Å²) in [7, 11) is 0. The molecule has 1 aliphatic rings. The first-order valence-electron chi connectivity index (χ1n) is 11.4. The van der Waals surface area contributed by atoms with E-state index in [-0.39, 0.29) is 18.9 Å². The van der Waals surface area contributed by atoms with E-state index in [0.717, 1.165) is 28.7 Å². The zero-order valence-electron chi connectivity index (χ0n) is 19.3. The smallest absolute Gasteiger partial charge is 0.407 e. The fraction of sp³-hybridized carbons (Fsp3) is 0.423. The van der Waals surface area contributed by atoms with Crippen molar-refractivity contribution in [2.24, 2.45) is 5.92 Å². The second-order valence-corrected chi connectivity index (χ2v) is 9.00. The van der Waals surface area contributed by atoms with E-state index in [9.17, 15) is 14.4 Å². The lowest BCUT2D eigenvalue weighted by molar-refractivity contribution is -0.137. The Kier molecular flexibility index (Phi) is 8.09. The third-order valence-corrected chi connectivity index (χ3v) is 5.85. The Balaban J connectivity index is 1.64. The molecule has 7 heteroatoms. The number of aliphatic carboxylic acids is 1. The van der Waals surface area contributed by atoms with Crippen molar-refractivity contribution in [3.05, 3.63) is 59.7 Å². The van der Waals surface area contributed by atoms with Crippen LogP contribution in [0.4, 0.5) is 4.79 Å². The van der Waals surface area contributed by atoms with E-state index in [2.05, 4.69) is 22.8 Å². The number of hydrogen-bond acceptors (Lipinski definition) is 4. The highest BCUT2D eigenvalue weighted by molar-refractivity contribution is 5.86. The maximum Gasteiger partial charge on any atom is 0.407 e. The summed E-state index contributed by atoms with van der Waals surface area (Å²) in [5.74, 6) is -1.12. The van der Waals surface area contributed by atoms with Crippen molar-refractivity contribution in [3.8, 4) is 11.1 Å². The number of hydrogen-bond donors (Lipinski definition) is 3. The molecule has 0 bridgehead atoms. The van der Waals surface area contributed by atoms with Gasteiger partial charge in [0, 0.05) is 12.0 Å². The van der Waals surface area contributed by atoms with Gasteiger partial charge in [-0.15, -0.1) is 0 Å². The fourth-order valence-corrected chi connectivity index (χ4v) is 4.21. The molecule has 0 spiro atoms. The van der Waals surface area contributed by atoms with Crippen LogP contribution in [-0.4, -0.2) is 41.8 Å². The van der Waals surface area contributed by atoms with E-state index in [0.29, 0.717) is 12.3 Å². The third kappa shape index (κ3) is 6.34. The van der Waals surface area contributed by atoms with Gasteiger partial charge in [-0.3, -0.25) is 9.59 Å². The van der Waals surface area contributed by atoms with Gasteiger partial charge in [-0.25, -0.2) is 4.79 Å². The molecule has 2 atom stereocenters. The van der Waals surface area contributed by atoms with Crippen molar-refractivity contribution in [2.75, 3.05) is 6.61 Å². The average Bonchev–Trinajstić information content (AvgIpc) is 3.08. The molecule has 0 aromatic heterocycles. The van der Waals surface area contributed by atoms with Gasteiger partial charge in [0.1, 0.15) is 12.6 Å². The topological polar surface area (TPSA) is 105 Å². The number of carbonyl (C=O) groups excluding carboxylic acids is 2. The molecular formula is C26H32N2O5. The minimum Gasteiger partial charge on any atom is -0.481 e. The summed E-state index contributed by atoms with van der Waals surface area (Å²) in [6.07, 6.45) is 0.322. The third-order valence-electron chi connectivity index (χ3n) is 5.85.